The third kappa shape index (κ3) is 2.43. The minimum Gasteiger partial charge on any atom is -0.349 e. The first-order valence-electron chi connectivity index (χ1n) is 6.68. The highest BCUT2D eigenvalue weighted by molar-refractivity contribution is 6.15. The van der Waals surface area contributed by atoms with Gasteiger partial charge in [0, 0.05) is 16.5 Å². The van der Waals surface area contributed by atoms with Gasteiger partial charge in [-0.1, -0.05) is 36.4 Å². The van der Waals surface area contributed by atoms with Gasteiger partial charge in [0.15, 0.2) is 0 Å². The van der Waals surface area contributed by atoms with Gasteiger partial charge >= 0.3 is 0 Å². The number of nitrogens with one attached hydrogen (secondary N) is 3. The van der Waals surface area contributed by atoms with Crippen LogP contribution in [0.15, 0.2) is 54.6 Å². The third-order valence-electron chi connectivity index (χ3n) is 3.34. The molecule has 110 valence electrons. The molecule has 3 rings (SSSR count). The molecule has 0 fully saturated rings. The van der Waals surface area contributed by atoms with Crippen LogP contribution < -0.4 is 16.6 Å². The summed E-state index contributed by atoms with van der Waals surface area (Å²) in [6.07, 6.45) is 0. The van der Waals surface area contributed by atoms with Crippen molar-refractivity contribution < 1.29 is 9.59 Å². The Bertz CT molecular complexity index is 840. The number of para-hydroxylation sites is 1. The zero-order valence-electron chi connectivity index (χ0n) is 11.6. The van der Waals surface area contributed by atoms with Gasteiger partial charge in [0.25, 0.3) is 11.8 Å². The molecule has 5 N–H and O–H groups in total. The topological polar surface area (TPSA) is 100 Å². The predicted molar refractivity (Wildman–Crippen MR) is 84.3 cm³/mol. The van der Waals surface area contributed by atoms with Crippen molar-refractivity contribution in [2.75, 3.05) is 5.32 Å². The molecule has 2 amide bonds. The quantitative estimate of drug-likeness (QED) is 0.338. The second-order valence-electron chi connectivity index (χ2n) is 4.71. The minimum absolute atomic E-state index is 0.216. The molecule has 0 saturated carbocycles. The van der Waals surface area contributed by atoms with Crippen LogP contribution in [0, 0.1) is 0 Å². The number of fused-ring (bicyclic) bond motifs is 1. The number of anilines is 1. The van der Waals surface area contributed by atoms with Gasteiger partial charge in [-0.3, -0.25) is 15.0 Å². The Morgan fingerprint density at radius 1 is 0.909 bits per heavy atom. The molecular weight excluding hydrogens is 280 g/mol. The Balaban J connectivity index is 2.05. The summed E-state index contributed by atoms with van der Waals surface area (Å²) in [7, 11) is 0. The van der Waals surface area contributed by atoms with Gasteiger partial charge in [0.05, 0.1) is 5.69 Å². The second kappa shape index (κ2) is 5.71. The lowest BCUT2D eigenvalue weighted by molar-refractivity contribution is 0.0950. The maximum absolute atomic E-state index is 12.3. The highest BCUT2D eigenvalue weighted by Crippen LogP contribution is 2.28. The highest BCUT2D eigenvalue weighted by Gasteiger charge is 2.19. The van der Waals surface area contributed by atoms with E-state index in [-0.39, 0.29) is 11.6 Å². The summed E-state index contributed by atoms with van der Waals surface area (Å²) in [5.74, 6) is 4.41. The van der Waals surface area contributed by atoms with Gasteiger partial charge in [-0.05, 0) is 18.2 Å². The lowest BCUT2D eigenvalue weighted by Gasteiger charge is -2.06. The van der Waals surface area contributed by atoms with E-state index >= 15 is 0 Å². The van der Waals surface area contributed by atoms with Crippen LogP contribution in [0.3, 0.4) is 0 Å². The van der Waals surface area contributed by atoms with Crippen molar-refractivity contribution >= 4 is 28.4 Å². The first-order valence-corrected chi connectivity index (χ1v) is 6.68. The first kappa shape index (κ1) is 13.8. The lowest BCUT2D eigenvalue weighted by atomic mass is 10.2. The number of aromatic amines is 1. The number of rotatable bonds is 3. The number of benzene rings is 2. The number of hydrogen-bond acceptors (Lipinski definition) is 3. The summed E-state index contributed by atoms with van der Waals surface area (Å²) in [6, 6.07) is 16.1. The number of H-pyrrole nitrogens is 1. The van der Waals surface area contributed by atoms with Crippen molar-refractivity contribution in [3.05, 3.63) is 65.9 Å². The van der Waals surface area contributed by atoms with E-state index in [1.165, 1.54) is 0 Å². The molecular formula is C16H14N4O2. The zero-order valence-corrected chi connectivity index (χ0v) is 11.6. The van der Waals surface area contributed by atoms with E-state index in [4.69, 9.17) is 5.84 Å². The summed E-state index contributed by atoms with van der Waals surface area (Å²) >= 11 is 0. The summed E-state index contributed by atoms with van der Waals surface area (Å²) in [5.41, 5.74) is 3.95. The Kier molecular flexibility index (Phi) is 3.59. The average Bonchev–Trinajstić information content (AvgIpc) is 2.93. The fourth-order valence-corrected chi connectivity index (χ4v) is 2.29. The second-order valence-corrected chi connectivity index (χ2v) is 4.71. The van der Waals surface area contributed by atoms with Gasteiger partial charge in [-0.15, -0.1) is 0 Å². The molecule has 6 heteroatoms. The van der Waals surface area contributed by atoms with E-state index in [2.05, 4.69) is 15.7 Å². The van der Waals surface area contributed by atoms with E-state index in [0.717, 1.165) is 10.9 Å². The largest absolute Gasteiger partial charge is 0.349 e. The van der Waals surface area contributed by atoms with Crippen LogP contribution in [0.1, 0.15) is 20.8 Å². The van der Waals surface area contributed by atoms with E-state index in [1.54, 1.807) is 24.3 Å². The van der Waals surface area contributed by atoms with Crippen LogP contribution in [0.2, 0.25) is 0 Å². The Hall–Kier alpha value is -3.12. The number of amides is 2. The molecule has 0 aliphatic carbocycles. The molecule has 1 heterocycles. The first-order chi connectivity index (χ1) is 10.7. The molecule has 0 saturated heterocycles. The maximum Gasteiger partial charge on any atom is 0.283 e. The fourth-order valence-electron chi connectivity index (χ4n) is 2.29. The summed E-state index contributed by atoms with van der Waals surface area (Å²) in [5, 5.41) is 3.52. The Labute approximate surface area is 126 Å². The van der Waals surface area contributed by atoms with Crippen LogP contribution in [0.5, 0.6) is 0 Å². The van der Waals surface area contributed by atoms with E-state index in [0.29, 0.717) is 11.3 Å². The van der Waals surface area contributed by atoms with E-state index in [1.807, 2.05) is 30.3 Å². The van der Waals surface area contributed by atoms with Crippen molar-refractivity contribution in [1.82, 2.24) is 10.4 Å². The summed E-state index contributed by atoms with van der Waals surface area (Å²) < 4.78 is 0. The van der Waals surface area contributed by atoms with Gasteiger partial charge in [0.2, 0.25) is 0 Å². The minimum atomic E-state index is -0.500. The van der Waals surface area contributed by atoms with E-state index < -0.39 is 5.91 Å². The molecule has 0 spiro atoms. The van der Waals surface area contributed by atoms with Crippen LogP contribution in [-0.4, -0.2) is 16.8 Å². The molecule has 0 unspecified atom stereocenters. The van der Waals surface area contributed by atoms with Crippen LogP contribution in [0.25, 0.3) is 10.9 Å². The zero-order chi connectivity index (χ0) is 15.5. The third-order valence-corrected chi connectivity index (χ3v) is 3.34. The number of carbonyl (C=O) groups excluding carboxylic acids is 2. The lowest BCUT2D eigenvalue weighted by Crippen LogP contribution is -2.31. The van der Waals surface area contributed by atoms with Gasteiger partial charge < -0.3 is 10.3 Å². The summed E-state index contributed by atoms with van der Waals surface area (Å²) in [6.45, 7) is 0. The predicted octanol–water partition coefficient (Wildman–Crippen LogP) is 2.02. The average molecular weight is 294 g/mol. The fraction of sp³-hybridized carbons (Fsp3) is 0. The molecule has 0 radical (unpaired) electrons. The van der Waals surface area contributed by atoms with Crippen molar-refractivity contribution in [3.63, 3.8) is 0 Å². The van der Waals surface area contributed by atoms with Gasteiger partial charge in [-0.25, -0.2) is 5.84 Å². The number of hydrogen-bond donors (Lipinski definition) is 4. The Morgan fingerprint density at radius 2 is 1.59 bits per heavy atom. The Morgan fingerprint density at radius 3 is 2.32 bits per heavy atom. The van der Waals surface area contributed by atoms with Crippen molar-refractivity contribution in [1.29, 1.82) is 0 Å². The van der Waals surface area contributed by atoms with Crippen LogP contribution in [-0.2, 0) is 0 Å². The maximum atomic E-state index is 12.3. The number of nitrogens with two attached hydrogens (primary N) is 1. The van der Waals surface area contributed by atoms with Crippen LogP contribution in [0.4, 0.5) is 5.69 Å². The standard InChI is InChI=1S/C16H14N4O2/c17-20-16(22)14-13(11-8-4-5-9-12(11)18-14)19-15(21)10-6-2-1-3-7-10/h1-9,18H,17H2,(H,19,21)(H,20,22). The molecule has 0 bridgehead atoms. The molecule has 22 heavy (non-hydrogen) atoms. The molecule has 0 aliphatic rings. The molecule has 6 nitrogen and oxygen atoms in total. The number of carbonyl (C=O) groups is 2. The summed E-state index contributed by atoms with van der Waals surface area (Å²) in [4.78, 5) is 27.2. The monoisotopic (exact) mass is 294 g/mol. The van der Waals surface area contributed by atoms with Crippen molar-refractivity contribution in [3.8, 4) is 0 Å². The van der Waals surface area contributed by atoms with Crippen molar-refractivity contribution in [2.45, 2.75) is 0 Å². The molecule has 2 aromatic carbocycles. The number of hydrazine groups is 1. The SMILES string of the molecule is NNC(=O)c1[nH]c2ccccc2c1NC(=O)c1ccccc1. The number of nitrogen functional groups attached to an aromatic ring is 1. The molecule has 0 aliphatic heterocycles. The molecule has 0 atom stereocenters. The van der Waals surface area contributed by atoms with Gasteiger partial charge in [0.1, 0.15) is 5.69 Å². The smallest absolute Gasteiger partial charge is 0.283 e. The van der Waals surface area contributed by atoms with Gasteiger partial charge in [-0.2, -0.15) is 0 Å². The van der Waals surface area contributed by atoms with Crippen LogP contribution >= 0.6 is 0 Å². The normalized spacial score (nSPS) is 10.4. The van der Waals surface area contributed by atoms with E-state index in [9.17, 15) is 9.59 Å². The highest BCUT2D eigenvalue weighted by atomic mass is 16.2. The molecule has 3 aromatic rings. The van der Waals surface area contributed by atoms with Crippen molar-refractivity contribution in [2.24, 2.45) is 5.84 Å². The number of aromatic nitrogens is 1. The molecule has 1 aromatic heterocycles.